The summed E-state index contributed by atoms with van der Waals surface area (Å²) in [6, 6.07) is 11.6. The van der Waals surface area contributed by atoms with Crippen LogP contribution in [-0.4, -0.2) is 24.7 Å². The maximum atomic E-state index is 6.08. The fraction of sp³-hybridized carbons (Fsp3) is 0. The summed E-state index contributed by atoms with van der Waals surface area (Å²) in [5.41, 5.74) is 8.45. The fourth-order valence-corrected chi connectivity index (χ4v) is 2.59. The first-order chi connectivity index (χ1) is 11.2. The van der Waals surface area contributed by atoms with Crippen LogP contribution in [0.2, 0.25) is 0 Å². The first-order valence-corrected chi connectivity index (χ1v) is 7.69. The van der Waals surface area contributed by atoms with Gasteiger partial charge in [-0.15, -0.1) is 0 Å². The summed E-state index contributed by atoms with van der Waals surface area (Å²) < 4.78 is 2.75. The van der Waals surface area contributed by atoms with Gasteiger partial charge in [0, 0.05) is 22.4 Å². The van der Waals surface area contributed by atoms with Gasteiger partial charge in [0.25, 0.3) is 0 Å². The molecule has 0 aliphatic heterocycles. The van der Waals surface area contributed by atoms with E-state index in [0.717, 1.165) is 21.1 Å². The van der Waals surface area contributed by atoms with Crippen LogP contribution in [0.25, 0.3) is 28.1 Å². The number of nitrogens with zero attached hydrogens (tertiary/aromatic N) is 5. The predicted molar refractivity (Wildman–Crippen MR) is 92.0 cm³/mol. The molecular weight excluding hydrogens is 356 g/mol. The standard InChI is InChI=1S/C16H11BrN6/c17-11-3-5-12(6-4-11)23-16-13(9-20-23)14(18)21-15(22-16)10-2-1-7-19-8-10/h1-9H,(H2,18,21,22). The zero-order valence-corrected chi connectivity index (χ0v) is 13.5. The second-order valence-corrected chi connectivity index (χ2v) is 5.86. The van der Waals surface area contributed by atoms with Crippen LogP contribution in [-0.2, 0) is 0 Å². The lowest BCUT2D eigenvalue weighted by Gasteiger charge is -2.06. The lowest BCUT2D eigenvalue weighted by atomic mass is 10.2. The Balaban J connectivity index is 1.94. The molecule has 0 fully saturated rings. The van der Waals surface area contributed by atoms with Crippen molar-refractivity contribution in [3.05, 3.63) is 59.5 Å². The molecular formula is C16H11BrN6. The number of nitrogen functional groups attached to an aromatic ring is 1. The molecule has 4 rings (SSSR count). The highest BCUT2D eigenvalue weighted by molar-refractivity contribution is 9.10. The molecule has 0 amide bonds. The number of hydrogen-bond acceptors (Lipinski definition) is 5. The minimum absolute atomic E-state index is 0.400. The summed E-state index contributed by atoms with van der Waals surface area (Å²) in [5.74, 6) is 0.930. The Labute approximate surface area is 140 Å². The maximum Gasteiger partial charge on any atom is 0.169 e. The van der Waals surface area contributed by atoms with E-state index in [1.165, 1.54) is 0 Å². The van der Waals surface area contributed by atoms with E-state index in [0.29, 0.717) is 17.3 Å². The highest BCUT2D eigenvalue weighted by Gasteiger charge is 2.13. The van der Waals surface area contributed by atoms with E-state index in [4.69, 9.17) is 5.73 Å². The van der Waals surface area contributed by atoms with Crippen molar-refractivity contribution in [1.29, 1.82) is 0 Å². The minimum atomic E-state index is 0.400. The van der Waals surface area contributed by atoms with Gasteiger partial charge in [-0.2, -0.15) is 5.10 Å². The van der Waals surface area contributed by atoms with Crippen LogP contribution in [0.15, 0.2) is 59.5 Å². The molecule has 112 valence electrons. The molecule has 2 N–H and O–H groups in total. The maximum absolute atomic E-state index is 6.08. The van der Waals surface area contributed by atoms with Gasteiger partial charge in [0.1, 0.15) is 5.82 Å². The number of aromatic nitrogens is 5. The Hall–Kier alpha value is -2.80. The summed E-state index contributed by atoms with van der Waals surface area (Å²) in [7, 11) is 0. The highest BCUT2D eigenvalue weighted by atomic mass is 79.9. The quantitative estimate of drug-likeness (QED) is 0.588. The van der Waals surface area contributed by atoms with Crippen molar-refractivity contribution in [1.82, 2.24) is 24.7 Å². The zero-order chi connectivity index (χ0) is 15.8. The number of nitrogens with two attached hydrogens (primary N) is 1. The molecule has 7 heteroatoms. The summed E-state index contributed by atoms with van der Waals surface area (Å²) >= 11 is 3.43. The molecule has 1 aromatic carbocycles. The molecule has 4 aromatic rings. The monoisotopic (exact) mass is 366 g/mol. The third-order valence-electron chi connectivity index (χ3n) is 3.45. The first-order valence-electron chi connectivity index (χ1n) is 6.90. The number of pyridine rings is 1. The molecule has 0 spiro atoms. The molecule has 0 saturated carbocycles. The van der Waals surface area contributed by atoms with Crippen molar-refractivity contribution >= 4 is 32.8 Å². The summed E-state index contributed by atoms with van der Waals surface area (Å²) in [6.45, 7) is 0. The van der Waals surface area contributed by atoms with Gasteiger partial charge in [0.2, 0.25) is 0 Å². The molecule has 23 heavy (non-hydrogen) atoms. The lowest BCUT2D eigenvalue weighted by molar-refractivity contribution is 0.895. The second kappa shape index (κ2) is 5.44. The fourth-order valence-electron chi connectivity index (χ4n) is 2.33. The average molecular weight is 367 g/mol. The van der Waals surface area contributed by atoms with E-state index in [2.05, 4.69) is 36.0 Å². The third kappa shape index (κ3) is 2.44. The molecule has 3 heterocycles. The third-order valence-corrected chi connectivity index (χ3v) is 3.98. The Morgan fingerprint density at radius 3 is 2.57 bits per heavy atom. The number of halogens is 1. The summed E-state index contributed by atoms with van der Waals surface area (Å²) in [4.78, 5) is 13.1. The van der Waals surface area contributed by atoms with Crippen LogP contribution in [0.1, 0.15) is 0 Å². The topological polar surface area (TPSA) is 82.5 Å². The van der Waals surface area contributed by atoms with Crippen LogP contribution in [0.5, 0.6) is 0 Å². The van der Waals surface area contributed by atoms with Gasteiger partial charge in [0.15, 0.2) is 11.5 Å². The van der Waals surface area contributed by atoms with Gasteiger partial charge in [-0.05, 0) is 36.4 Å². The van der Waals surface area contributed by atoms with Gasteiger partial charge < -0.3 is 5.73 Å². The lowest BCUT2D eigenvalue weighted by Crippen LogP contribution is -2.01. The molecule has 0 aliphatic carbocycles. The predicted octanol–water partition coefficient (Wildman–Crippen LogP) is 3.22. The molecule has 0 unspecified atom stereocenters. The number of fused-ring (bicyclic) bond motifs is 1. The first kappa shape index (κ1) is 13.8. The number of rotatable bonds is 2. The Kier molecular flexibility index (Phi) is 3.27. The Morgan fingerprint density at radius 1 is 1.00 bits per heavy atom. The molecule has 0 aliphatic rings. The SMILES string of the molecule is Nc1nc(-c2cccnc2)nc2c1cnn2-c1ccc(Br)cc1. The van der Waals surface area contributed by atoms with Crippen LogP contribution in [0.4, 0.5) is 5.82 Å². The molecule has 0 saturated heterocycles. The van der Waals surface area contributed by atoms with Gasteiger partial charge in [-0.1, -0.05) is 15.9 Å². The van der Waals surface area contributed by atoms with Crippen LogP contribution >= 0.6 is 15.9 Å². The van der Waals surface area contributed by atoms with Gasteiger partial charge in [0.05, 0.1) is 17.3 Å². The van der Waals surface area contributed by atoms with Crippen molar-refractivity contribution in [3.63, 3.8) is 0 Å². The molecule has 0 radical (unpaired) electrons. The summed E-state index contributed by atoms with van der Waals surface area (Å²) in [5, 5.41) is 5.12. The van der Waals surface area contributed by atoms with E-state index < -0.39 is 0 Å². The Morgan fingerprint density at radius 2 is 1.83 bits per heavy atom. The van der Waals surface area contributed by atoms with E-state index in [1.54, 1.807) is 23.3 Å². The minimum Gasteiger partial charge on any atom is -0.383 e. The van der Waals surface area contributed by atoms with Gasteiger partial charge in [-0.25, -0.2) is 14.6 Å². The van der Waals surface area contributed by atoms with Crippen molar-refractivity contribution in [2.75, 3.05) is 5.73 Å². The number of benzene rings is 1. The van der Waals surface area contributed by atoms with E-state index >= 15 is 0 Å². The number of anilines is 1. The van der Waals surface area contributed by atoms with Crippen molar-refractivity contribution in [2.45, 2.75) is 0 Å². The van der Waals surface area contributed by atoms with E-state index in [1.807, 2.05) is 36.4 Å². The van der Waals surface area contributed by atoms with Crippen molar-refractivity contribution in [2.24, 2.45) is 0 Å². The normalized spacial score (nSPS) is 11.0. The summed E-state index contributed by atoms with van der Waals surface area (Å²) in [6.07, 6.45) is 5.10. The molecule has 0 atom stereocenters. The zero-order valence-electron chi connectivity index (χ0n) is 11.9. The van der Waals surface area contributed by atoms with Crippen molar-refractivity contribution < 1.29 is 0 Å². The van der Waals surface area contributed by atoms with Crippen LogP contribution < -0.4 is 5.73 Å². The average Bonchev–Trinajstić information content (AvgIpc) is 3.01. The highest BCUT2D eigenvalue weighted by Crippen LogP contribution is 2.25. The van der Waals surface area contributed by atoms with E-state index in [-0.39, 0.29) is 0 Å². The largest absolute Gasteiger partial charge is 0.383 e. The second-order valence-electron chi connectivity index (χ2n) is 4.94. The smallest absolute Gasteiger partial charge is 0.169 e. The van der Waals surface area contributed by atoms with Crippen molar-refractivity contribution in [3.8, 4) is 17.1 Å². The molecule has 6 nitrogen and oxygen atoms in total. The molecule has 3 aromatic heterocycles. The van der Waals surface area contributed by atoms with Crippen LogP contribution in [0, 0.1) is 0 Å². The van der Waals surface area contributed by atoms with Gasteiger partial charge >= 0.3 is 0 Å². The van der Waals surface area contributed by atoms with Gasteiger partial charge in [-0.3, -0.25) is 4.98 Å². The van der Waals surface area contributed by atoms with Crippen LogP contribution in [0.3, 0.4) is 0 Å². The molecule has 0 bridgehead atoms. The van der Waals surface area contributed by atoms with E-state index in [9.17, 15) is 0 Å². The Bertz CT molecular complexity index is 979. The number of hydrogen-bond donors (Lipinski definition) is 1.